The van der Waals surface area contributed by atoms with E-state index in [4.69, 9.17) is 9.84 Å². The van der Waals surface area contributed by atoms with Crippen LogP contribution in [0.25, 0.3) is 0 Å². The predicted molar refractivity (Wildman–Crippen MR) is 55.3 cm³/mol. The van der Waals surface area contributed by atoms with E-state index in [9.17, 15) is 9.90 Å². The fourth-order valence-electron chi connectivity index (χ4n) is 1.25. The second-order valence-electron chi connectivity index (χ2n) is 3.36. The molecule has 0 amide bonds. The van der Waals surface area contributed by atoms with Gasteiger partial charge in [-0.25, -0.2) is 0 Å². The molecule has 1 rings (SSSR count). The van der Waals surface area contributed by atoms with E-state index in [0.717, 1.165) is 0 Å². The van der Waals surface area contributed by atoms with Gasteiger partial charge in [0.2, 0.25) is 0 Å². The highest BCUT2D eigenvalue weighted by Gasteiger charge is 2.11. The van der Waals surface area contributed by atoms with Crippen molar-refractivity contribution in [2.45, 2.75) is 19.4 Å². The molecule has 1 aromatic rings. The first-order valence-electron chi connectivity index (χ1n) is 4.63. The van der Waals surface area contributed by atoms with Crippen LogP contribution >= 0.6 is 0 Å². The van der Waals surface area contributed by atoms with Crippen molar-refractivity contribution in [1.29, 1.82) is 0 Å². The van der Waals surface area contributed by atoms with Gasteiger partial charge in [-0.2, -0.15) is 0 Å². The molecule has 1 aromatic carbocycles. The fraction of sp³-hybridized carbons (Fsp3) is 0.364. The molecule has 1 unspecified atom stereocenters. The molecule has 0 saturated carbocycles. The van der Waals surface area contributed by atoms with Crippen LogP contribution in [0.1, 0.15) is 23.7 Å². The monoisotopic (exact) mass is 210 g/mol. The van der Waals surface area contributed by atoms with Gasteiger partial charge < -0.3 is 14.9 Å². The van der Waals surface area contributed by atoms with Crippen LogP contribution in [-0.4, -0.2) is 29.2 Å². The number of aromatic hydroxyl groups is 1. The van der Waals surface area contributed by atoms with E-state index in [2.05, 4.69) is 0 Å². The third-order valence-corrected chi connectivity index (χ3v) is 1.98. The first-order valence-corrected chi connectivity index (χ1v) is 4.63. The van der Waals surface area contributed by atoms with Gasteiger partial charge in [0.1, 0.15) is 0 Å². The van der Waals surface area contributed by atoms with E-state index in [0.29, 0.717) is 11.3 Å². The number of aliphatic hydroxyl groups is 1. The lowest BCUT2D eigenvalue weighted by molar-refractivity contribution is 0.0901. The first-order chi connectivity index (χ1) is 7.04. The van der Waals surface area contributed by atoms with Crippen molar-refractivity contribution in [2.24, 2.45) is 0 Å². The van der Waals surface area contributed by atoms with Crippen molar-refractivity contribution in [3.63, 3.8) is 0 Å². The second kappa shape index (κ2) is 4.79. The maximum atomic E-state index is 11.5. The van der Waals surface area contributed by atoms with Gasteiger partial charge in [0.15, 0.2) is 17.3 Å². The fourth-order valence-corrected chi connectivity index (χ4v) is 1.25. The summed E-state index contributed by atoms with van der Waals surface area (Å²) < 4.78 is 4.85. The zero-order chi connectivity index (χ0) is 11.4. The molecule has 82 valence electrons. The number of aliphatic hydroxyl groups excluding tert-OH is 1. The molecule has 0 aliphatic heterocycles. The highest BCUT2D eigenvalue weighted by atomic mass is 16.5. The van der Waals surface area contributed by atoms with Crippen LogP contribution < -0.4 is 4.74 Å². The van der Waals surface area contributed by atoms with Crippen LogP contribution in [0.3, 0.4) is 0 Å². The number of phenolic OH excluding ortho intramolecular Hbond substituents is 1. The summed E-state index contributed by atoms with van der Waals surface area (Å²) in [6.45, 7) is 1.54. The van der Waals surface area contributed by atoms with Gasteiger partial charge in [0.25, 0.3) is 0 Å². The normalized spacial score (nSPS) is 12.2. The SMILES string of the molecule is COc1ccc(C(=O)CC(C)O)cc1O. The van der Waals surface area contributed by atoms with E-state index in [1.165, 1.54) is 19.2 Å². The molecule has 4 heteroatoms. The van der Waals surface area contributed by atoms with E-state index in [-0.39, 0.29) is 18.0 Å². The summed E-state index contributed by atoms with van der Waals surface area (Å²) in [6, 6.07) is 4.41. The Bertz CT molecular complexity index is 358. The average Bonchev–Trinajstić information content (AvgIpc) is 2.16. The maximum absolute atomic E-state index is 11.5. The van der Waals surface area contributed by atoms with Crippen molar-refractivity contribution < 1.29 is 19.7 Å². The number of ether oxygens (including phenoxy) is 1. The molecule has 0 radical (unpaired) electrons. The largest absolute Gasteiger partial charge is 0.504 e. The highest BCUT2D eigenvalue weighted by Crippen LogP contribution is 2.26. The van der Waals surface area contributed by atoms with Gasteiger partial charge in [-0.15, -0.1) is 0 Å². The number of methoxy groups -OCH3 is 1. The van der Waals surface area contributed by atoms with Gasteiger partial charge >= 0.3 is 0 Å². The Morgan fingerprint density at radius 1 is 1.53 bits per heavy atom. The van der Waals surface area contributed by atoms with Crippen LogP contribution in [0.5, 0.6) is 11.5 Å². The first kappa shape index (κ1) is 11.5. The zero-order valence-corrected chi connectivity index (χ0v) is 8.73. The lowest BCUT2D eigenvalue weighted by Crippen LogP contribution is -2.09. The minimum absolute atomic E-state index is 0.0474. The zero-order valence-electron chi connectivity index (χ0n) is 8.73. The number of carbonyl (C=O) groups is 1. The Morgan fingerprint density at radius 3 is 2.67 bits per heavy atom. The summed E-state index contributed by atoms with van der Waals surface area (Å²) in [5.74, 6) is 0.0421. The Labute approximate surface area is 88.1 Å². The van der Waals surface area contributed by atoms with E-state index >= 15 is 0 Å². The van der Waals surface area contributed by atoms with Crippen molar-refractivity contribution in [2.75, 3.05) is 7.11 Å². The summed E-state index contributed by atoms with van der Waals surface area (Å²) in [6.07, 6.45) is -0.632. The standard InChI is InChI=1S/C11H14O4/c1-7(12)5-9(13)8-3-4-11(15-2)10(14)6-8/h3-4,6-7,12,14H,5H2,1-2H3. The van der Waals surface area contributed by atoms with Gasteiger partial charge in [0, 0.05) is 12.0 Å². The Kier molecular flexibility index (Phi) is 3.68. The number of hydrogen-bond acceptors (Lipinski definition) is 4. The number of phenols is 1. The lowest BCUT2D eigenvalue weighted by atomic mass is 10.1. The molecule has 0 spiro atoms. The lowest BCUT2D eigenvalue weighted by Gasteiger charge is -2.06. The molecular weight excluding hydrogens is 196 g/mol. The summed E-state index contributed by atoms with van der Waals surface area (Å²) in [4.78, 5) is 11.5. The molecule has 0 fully saturated rings. The molecule has 0 aliphatic carbocycles. The smallest absolute Gasteiger partial charge is 0.165 e. The molecule has 0 aliphatic rings. The summed E-state index contributed by atoms with van der Waals surface area (Å²) in [7, 11) is 1.44. The molecule has 0 aromatic heterocycles. The topological polar surface area (TPSA) is 66.8 Å². The number of hydrogen-bond donors (Lipinski definition) is 2. The van der Waals surface area contributed by atoms with E-state index in [1.807, 2.05) is 0 Å². The van der Waals surface area contributed by atoms with Crippen LogP contribution in [0.15, 0.2) is 18.2 Å². The third kappa shape index (κ3) is 2.95. The summed E-state index contributed by atoms with van der Waals surface area (Å²) in [5.41, 5.74) is 0.370. The van der Waals surface area contributed by atoms with E-state index in [1.54, 1.807) is 13.0 Å². The second-order valence-corrected chi connectivity index (χ2v) is 3.36. The quantitative estimate of drug-likeness (QED) is 0.736. The highest BCUT2D eigenvalue weighted by molar-refractivity contribution is 5.96. The minimum atomic E-state index is -0.679. The van der Waals surface area contributed by atoms with Gasteiger partial charge in [0.05, 0.1) is 13.2 Å². The Morgan fingerprint density at radius 2 is 2.20 bits per heavy atom. The van der Waals surface area contributed by atoms with Gasteiger partial charge in [-0.1, -0.05) is 0 Å². The van der Waals surface area contributed by atoms with Crippen molar-refractivity contribution in [3.8, 4) is 11.5 Å². The Balaban J connectivity index is 2.87. The number of Topliss-reactive ketones (excluding diaryl/α,β-unsaturated/α-hetero) is 1. The molecule has 15 heavy (non-hydrogen) atoms. The third-order valence-electron chi connectivity index (χ3n) is 1.98. The number of benzene rings is 1. The summed E-state index contributed by atoms with van der Waals surface area (Å²) in [5, 5.41) is 18.5. The molecular formula is C11H14O4. The van der Waals surface area contributed by atoms with Gasteiger partial charge in [-0.05, 0) is 25.1 Å². The maximum Gasteiger partial charge on any atom is 0.165 e. The van der Waals surface area contributed by atoms with Crippen LogP contribution in [0.4, 0.5) is 0 Å². The molecule has 0 saturated heterocycles. The summed E-state index contributed by atoms with van der Waals surface area (Å²) >= 11 is 0. The van der Waals surface area contributed by atoms with Crippen molar-refractivity contribution >= 4 is 5.78 Å². The molecule has 0 heterocycles. The minimum Gasteiger partial charge on any atom is -0.504 e. The van der Waals surface area contributed by atoms with E-state index < -0.39 is 6.10 Å². The molecule has 1 atom stereocenters. The van der Waals surface area contributed by atoms with Crippen molar-refractivity contribution in [1.82, 2.24) is 0 Å². The number of carbonyl (C=O) groups excluding carboxylic acids is 1. The molecule has 2 N–H and O–H groups in total. The van der Waals surface area contributed by atoms with Crippen LogP contribution in [0.2, 0.25) is 0 Å². The molecule has 0 bridgehead atoms. The predicted octanol–water partition coefficient (Wildman–Crippen LogP) is 1.35. The average molecular weight is 210 g/mol. The number of ketones is 1. The van der Waals surface area contributed by atoms with Crippen LogP contribution in [0, 0.1) is 0 Å². The number of rotatable bonds is 4. The van der Waals surface area contributed by atoms with Crippen LogP contribution in [-0.2, 0) is 0 Å². The molecule has 4 nitrogen and oxygen atoms in total. The van der Waals surface area contributed by atoms with Gasteiger partial charge in [-0.3, -0.25) is 4.79 Å². The Hall–Kier alpha value is -1.55. The van der Waals surface area contributed by atoms with Crippen molar-refractivity contribution in [3.05, 3.63) is 23.8 Å².